The molecular weight excluding hydrogens is 238 g/mol. The number of benzene rings is 1. The van der Waals surface area contributed by atoms with Gasteiger partial charge in [0.2, 0.25) is 0 Å². The van der Waals surface area contributed by atoms with Crippen LogP contribution in [0.25, 0.3) is 0 Å². The van der Waals surface area contributed by atoms with Gasteiger partial charge in [0.1, 0.15) is 0 Å². The van der Waals surface area contributed by atoms with E-state index in [0.29, 0.717) is 13.2 Å². The van der Waals surface area contributed by atoms with Crippen LogP contribution in [0, 0.1) is 0 Å². The van der Waals surface area contributed by atoms with Gasteiger partial charge in [0.05, 0.1) is 12.7 Å². The van der Waals surface area contributed by atoms with E-state index >= 15 is 0 Å². The Bertz CT molecular complexity index is 305. The molecule has 0 bridgehead atoms. The highest BCUT2D eigenvalue weighted by Crippen LogP contribution is 2.27. The molecule has 17 heavy (non-hydrogen) atoms. The van der Waals surface area contributed by atoms with Crippen molar-refractivity contribution in [2.24, 2.45) is 5.73 Å². The molecule has 0 fully saturated rings. The summed E-state index contributed by atoms with van der Waals surface area (Å²) in [6, 6.07) is 7.76. The standard InChI is InChI=1S/C13H21NO2.ClH/c1-11(2)16-13-8-4-3-7-12(13)15-10-6-5-9-14;/h3-4,7-8,11H,5-6,9-10,14H2,1-2H3;1H. The van der Waals surface area contributed by atoms with Crippen molar-refractivity contribution >= 4 is 12.4 Å². The Labute approximate surface area is 110 Å². The van der Waals surface area contributed by atoms with E-state index < -0.39 is 0 Å². The van der Waals surface area contributed by atoms with Gasteiger partial charge in [0, 0.05) is 0 Å². The van der Waals surface area contributed by atoms with Crippen LogP contribution in [0.5, 0.6) is 11.5 Å². The van der Waals surface area contributed by atoms with Crippen molar-refractivity contribution < 1.29 is 9.47 Å². The zero-order valence-electron chi connectivity index (χ0n) is 10.5. The minimum Gasteiger partial charge on any atom is -0.490 e. The third-order valence-corrected chi connectivity index (χ3v) is 2.07. The van der Waals surface area contributed by atoms with Gasteiger partial charge >= 0.3 is 0 Å². The number of nitrogens with two attached hydrogens (primary N) is 1. The third-order valence-electron chi connectivity index (χ3n) is 2.07. The molecule has 0 saturated carbocycles. The molecule has 0 heterocycles. The van der Waals surface area contributed by atoms with E-state index in [0.717, 1.165) is 24.3 Å². The topological polar surface area (TPSA) is 44.5 Å². The summed E-state index contributed by atoms with van der Waals surface area (Å²) in [6.07, 6.45) is 2.13. The first kappa shape index (κ1) is 16.1. The highest BCUT2D eigenvalue weighted by atomic mass is 35.5. The maximum atomic E-state index is 5.66. The van der Waals surface area contributed by atoms with E-state index in [1.165, 1.54) is 0 Å². The molecule has 0 spiro atoms. The lowest BCUT2D eigenvalue weighted by molar-refractivity contribution is 0.220. The lowest BCUT2D eigenvalue weighted by Gasteiger charge is -2.14. The molecule has 0 saturated heterocycles. The zero-order chi connectivity index (χ0) is 11.8. The van der Waals surface area contributed by atoms with Gasteiger partial charge in [-0.15, -0.1) is 12.4 Å². The number of rotatable bonds is 7. The quantitative estimate of drug-likeness (QED) is 0.766. The molecule has 1 aromatic rings. The van der Waals surface area contributed by atoms with Gasteiger partial charge in [-0.1, -0.05) is 12.1 Å². The van der Waals surface area contributed by atoms with Crippen LogP contribution in [0.3, 0.4) is 0 Å². The largest absolute Gasteiger partial charge is 0.490 e. The summed E-state index contributed by atoms with van der Waals surface area (Å²) >= 11 is 0. The van der Waals surface area contributed by atoms with E-state index in [1.54, 1.807) is 0 Å². The number of para-hydroxylation sites is 2. The van der Waals surface area contributed by atoms with Gasteiger partial charge in [-0.2, -0.15) is 0 Å². The van der Waals surface area contributed by atoms with Crippen molar-refractivity contribution in [1.82, 2.24) is 0 Å². The Morgan fingerprint density at radius 3 is 2.35 bits per heavy atom. The van der Waals surface area contributed by atoms with Gasteiger partial charge in [-0.3, -0.25) is 0 Å². The number of hydrogen-bond donors (Lipinski definition) is 1. The minimum atomic E-state index is 0. The maximum Gasteiger partial charge on any atom is 0.161 e. The molecular formula is C13H22ClNO2. The fourth-order valence-corrected chi connectivity index (χ4v) is 1.35. The molecule has 0 unspecified atom stereocenters. The number of ether oxygens (including phenoxy) is 2. The lowest BCUT2D eigenvalue weighted by Crippen LogP contribution is -2.08. The molecule has 0 amide bonds. The second-order valence-corrected chi connectivity index (χ2v) is 3.96. The van der Waals surface area contributed by atoms with Crippen molar-refractivity contribution in [3.63, 3.8) is 0 Å². The van der Waals surface area contributed by atoms with E-state index in [-0.39, 0.29) is 18.5 Å². The Balaban J connectivity index is 0.00000256. The van der Waals surface area contributed by atoms with E-state index in [4.69, 9.17) is 15.2 Å². The van der Waals surface area contributed by atoms with Crippen LogP contribution >= 0.6 is 12.4 Å². The molecule has 0 radical (unpaired) electrons. The first-order valence-corrected chi connectivity index (χ1v) is 5.82. The first-order valence-electron chi connectivity index (χ1n) is 5.82. The molecule has 0 aliphatic rings. The van der Waals surface area contributed by atoms with Crippen LogP contribution in [0.4, 0.5) is 0 Å². The molecule has 0 atom stereocenters. The number of halogens is 1. The molecule has 4 heteroatoms. The second kappa shape index (κ2) is 9.14. The summed E-state index contributed by atoms with van der Waals surface area (Å²) in [4.78, 5) is 0. The van der Waals surface area contributed by atoms with Gasteiger partial charge < -0.3 is 15.2 Å². The smallest absolute Gasteiger partial charge is 0.161 e. The van der Waals surface area contributed by atoms with Crippen molar-refractivity contribution in [3.8, 4) is 11.5 Å². The molecule has 0 aliphatic heterocycles. The Hall–Kier alpha value is -0.930. The minimum absolute atomic E-state index is 0. The van der Waals surface area contributed by atoms with Crippen LogP contribution in [0.2, 0.25) is 0 Å². The fourth-order valence-electron chi connectivity index (χ4n) is 1.35. The zero-order valence-corrected chi connectivity index (χ0v) is 11.3. The Kier molecular flexibility index (Phi) is 8.64. The lowest BCUT2D eigenvalue weighted by atomic mass is 10.3. The SMILES string of the molecule is CC(C)Oc1ccccc1OCCCCN.Cl. The maximum absolute atomic E-state index is 5.66. The normalized spacial score (nSPS) is 9.88. The highest BCUT2D eigenvalue weighted by molar-refractivity contribution is 5.85. The molecule has 0 aromatic heterocycles. The van der Waals surface area contributed by atoms with Crippen LogP contribution in [0.15, 0.2) is 24.3 Å². The number of unbranched alkanes of at least 4 members (excludes halogenated alkanes) is 1. The second-order valence-electron chi connectivity index (χ2n) is 3.96. The molecule has 3 nitrogen and oxygen atoms in total. The van der Waals surface area contributed by atoms with Crippen LogP contribution in [0.1, 0.15) is 26.7 Å². The fraction of sp³-hybridized carbons (Fsp3) is 0.538. The van der Waals surface area contributed by atoms with E-state index in [2.05, 4.69) is 0 Å². The molecule has 1 aromatic carbocycles. The van der Waals surface area contributed by atoms with Gasteiger partial charge in [-0.25, -0.2) is 0 Å². The average molecular weight is 260 g/mol. The van der Waals surface area contributed by atoms with Gasteiger partial charge in [0.25, 0.3) is 0 Å². The van der Waals surface area contributed by atoms with E-state index in [9.17, 15) is 0 Å². The van der Waals surface area contributed by atoms with Crippen molar-refractivity contribution in [3.05, 3.63) is 24.3 Å². The first-order chi connectivity index (χ1) is 7.74. The predicted molar refractivity (Wildman–Crippen MR) is 73.2 cm³/mol. The van der Waals surface area contributed by atoms with Crippen LogP contribution in [-0.2, 0) is 0 Å². The van der Waals surface area contributed by atoms with Gasteiger partial charge in [0.15, 0.2) is 11.5 Å². The summed E-state index contributed by atoms with van der Waals surface area (Å²) in [5.74, 6) is 1.62. The summed E-state index contributed by atoms with van der Waals surface area (Å²) < 4.78 is 11.3. The van der Waals surface area contributed by atoms with Gasteiger partial charge in [-0.05, 0) is 45.4 Å². The Morgan fingerprint density at radius 1 is 1.12 bits per heavy atom. The summed E-state index contributed by atoms with van der Waals surface area (Å²) in [7, 11) is 0. The van der Waals surface area contributed by atoms with Crippen molar-refractivity contribution in [1.29, 1.82) is 0 Å². The summed E-state index contributed by atoms with van der Waals surface area (Å²) in [5.41, 5.74) is 5.42. The summed E-state index contributed by atoms with van der Waals surface area (Å²) in [5, 5.41) is 0. The molecule has 2 N–H and O–H groups in total. The monoisotopic (exact) mass is 259 g/mol. The molecule has 98 valence electrons. The van der Waals surface area contributed by atoms with Crippen molar-refractivity contribution in [2.45, 2.75) is 32.8 Å². The Morgan fingerprint density at radius 2 is 1.76 bits per heavy atom. The third kappa shape index (κ3) is 6.39. The van der Waals surface area contributed by atoms with Crippen LogP contribution < -0.4 is 15.2 Å². The number of hydrogen-bond acceptors (Lipinski definition) is 3. The average Bonchev–Trinajstić information content (AvgIpc) is 2.26. The highest BCUT2D eigenvalue weighted by Gasteiger charge is 2.05. The van der Waals surface area contributed by atoms with E-state index in [1.807, 2.05) is 38.1 Å². The molecule has 1 rings (SSSR count). The van der Waals surface area contributed by atoms with Crippen molar-refractivity contribution in [2.75, 3.05) is 13.2 Å². The molecule has 0 aliphatic carbocycles. The summed E-state index contributed by atoms with van der Waals surface area (Å²) in [6.45, 7) is 5.42. The van der Waals surface area contributed by atoms with Crippen LogP contribution in [-0.4, -0.2) is 19.3 Å². The predicted octanol–water partition coefficient (Wildman–Crippen LogP) is 3.01.